The standard InChI is InChI=1S/C15H16N2O4/c1-10(11-3-2-4-13(7-11)17(20)21)16-9-12-5-6-14(18)8-15(12)19/h2-8,10,16,18-19H,9H2,1H3. The normalized spacial score (nSPS) is 12.0. The lowest BCUT2D eigenvalue weighted by Gasteiger charge is -2.15. The predicted octanol–water partition coefficient (Wildman–Crippen LogP) is 2.86. The van der Waals surface area contributed by atoms with Crippen molar-refractivity contribution < 1.29 is 15.1 Å². The van der Waals surface area contributed by atoms with Crippen LogP contribution in [0.5, 0.6) is 11.5 Å². The number of rotatable bonds is 5. The maximum Gasteiger partial charge on any atom is 0.269 e. The highest BCUT2D eigenvalue weighted by Gasteiger charge is 2.11. The summed E-state index contributed by atoms with van der Waals surface area (Å²) in [5.74, 6) is 0.0109. The molecule has 0 aliphatic rings. The number of hydrogen-bond acceptors (Lipinski definition) is 5. The first-order valence-corrected chi connectivity index (χ1v) is 6.46. The van der Waals surface area contributed by atoms with Gasteiger partial charge >= 0.3 is 0 Å². The van der Waals surface area contributed by atoms with Gasteiger partial charge in [-0.05, 0) is 18.6 Å². The van der Waals surface area contributed by atoms with E-state index in [4.69, 9.17) is 0 Å². The molecule has 2 rings (SSSR count). The van der Waals surface area contributed by atoms with Gasteiger partial charge in [-0.3, -0.25) is 10.1 Å². The Balaban J connectivity index is 2.06. The Morgan fingerprint density at radius 1 is 1.24 bits per heavy atom. The van der Waals surface area contributed by atoms with Crippen molar-refractivity contribution in [2.45, 2.75) is 19.5 Å². The molecule has 0 bridgehead atoms. The highest BCUT2D eigenvalue weighted by Crippen LogP contribution is 2.24. The van der Waals surface area contributed by atoms with Crippen LogP contribution in [0.25, 0.3) is 0 Å². The molecule has 110 valence electrons. The second-order valence-corrected chi connectivity index (χ2v) is 4.77. The van der Waals surface area contributed by atoms with E-state index in [1.165, 1.54) is 24.3 Å². The number of nitro groups is 1. The molecule has 0 fully saturated rings. The molecule has 6 nitrogen and oxygen atoms in total. The molecule has 0 aromatic heterocycles. The second-order valence-electron chi connectivity index (χ2n) is 4.77. The molecule has 0 spiro atoms. The first kappa shape index (κ1) is 14.8. The van der Waals surface area contributed by atoms with Crippen LogP contribution in [0.2, 0.25) is 0 Å². The molecule has 0 aliphatic carbocycles. The summed E-state index contributed by atoms with van der Waals surface area (Å²) in [6, 6.07) is 10.7. The van der Waals surface area contributed by atoms with Gasteiger partial charge in [0.05, 0.1) is 4.92 Å². The molecule has 0 radical (unpaired) electrons. The zero-order valence-corrected chi connectivity index (χ0v) is 11.5. The zero-order valence-electron chi connectivity index (χ0n) is 11.5. The Hall–Kier alpha value is -2.60. The second kappa shape index (κ2) is 6.23. The molecule has 2 aromatic rings. The Kier molecular flexibility index (Phi) is 4.39. The summed E-state index contributed by atoms with van der Waals surface area (Å²) in [4.78, 5) is 10.3. The van der Waals surface area contributed by atoms with E-state index in [2.05, 4.69) is 5.32 Å². The SMILES string of the molecule is CC(NCc1ccc(O)cc1O)c1cccc([N+](=O)[O-])c1. The molecule has 0 aliphatic heterocycles. The zero-order chi connectivity index (χ0) is 15.4. The van der Waals surface area contributed by atoms with Gasteiger partial charge in [-0.2, -0.15) is 0 Å². The number of nitrogens with one attached hydrogen (secondary N) is 1. The average Bonchev–Trinajstić information content (AvgIpc) is 2.46. The van der Waals surface area contributed by atoms with E-state index in [-0.39, 0.29) is 23.2 Å². The van der Waals surface area contributed by atoms with Crippen LogP contribution in [-0.2, 0) is 6.54 Å². The monoisotopic (exact) mass is 288 g/mol. The average molecular weight is 288 g/mol. The number of benzene rings is 2. The molecule has 6 heteroatoms. The maximum absolute atomic E-state index is 10.8. The minimum Gasteiger partial charge on any atom is -0.508 e. The third-order valence-corrected chi connectivity index (χ3v) is 3.25. The van der Waals surface area contributed by atoms with Crippen molar-refractivity contribution in [1.29, 1.82) is 0 Å². The van der Waals surface area contributed by atoms with Gasteiger partial charge in [-0.1, -0.05) is 18.2 Å². The lowest BCUT2D eigenvalue weighted by Crippen LogP contribution is -2.18. The van der Waals surface area contributed by atoms with Crippen molar-refractivity contribution in [1.82, 2.24) is 5.32 Å². The summed E-state index contributed by atoms with van der Waals surface area (Å²) in [5.41, 5.74) is 1.49. The van der Waals surface area contributed by atoms with Gasteiger partial charge in [0.2, 0.25) is 0 Å². The topological polar surface area (TPSA) is 95.6 Å². The smallest absolute Gasteiger partial charge is 0.269 e. The van der Waals surface area contributed by atoms with Crippen molar-refractivity contribution in [3.8, 4) is 11.5 Å². The van der Waals surface area contributed by atoms with E-state index in [1.807, 2.05) is 6.92 Å². The van der Waals surface area contributed by atoms with Crippen molar-refractivity contribution in [2.75, 3.05) is 0 Å². The van der Waals surface area contributed by atoms with Gasteiger partial charge < -0.3 is 15.5 Å². The van der Waals surface area contributed by atoms with Crippen LogP contribution in [-0.4, -0.2) is 15.1 Å². The Morgan fingerprint density at radius 2 is 2.00 bits per heavy atom. The van der Waals surface area contributed by atoms with E-state index in [0.717, 1.165) is 5.56 Å². The molecule has 0 saturated carbocycles. The first-order chi connectivity index (χ1) is 9.97. The third kappa shape index (κ3) is 3.70. The van der Waals surface area contributed by atoms with Gasteiger partial charge in [0.25, 0.3) is 5.69 Å². The Bertz CT molecular complexity index is 658. The molecule has 3 N–H and O–H groups in total. The fourth-order valence-electron chi connectivity index (χ4n) is 1.99. The summed E-state index contributed by atoms with van der Waals surface area (Å²) < 4.78 is 0. The van der Waals surface area contributed by atoms with E-state index in [0.29, 0.717) is 12.1 Å². The lowest BCUT2D eigenvalue weighted by molar-refractivity contribution is -0.384. The number of non-ortho nitro benzene ring substituents is 1. The quantitative estimate of drug-likeness (QED) is 0.580. The predicted molar refractivity (Wildman–Crippen MR) is 78.1 cm³/mol. The summed E-state index contributed by atoms with van der Waals surface area (Å²) in [6.45, 7) is 2.27. The first-order valence-electron chi connectivity index (χ1n) is 6.46. The number of aromatic hydroxyl groups is 2. The van der Waals surface area contributed by atoms with Crippen molar-refractivity contribution in [2.24, 2.45) is 0 Å². The van der Waals surface area contributed by atoms with Crippen LogP contribution in [0.3, 0.4) is 0 Å². The largest absolute Gasteiger partial charge is 0.508 e. The molecule has 0 amide bonds. The van der Waals surface area contributed by atoms with Crippen molar-refractivity contribution in [3.63, 3.8) is 0 Å². The number of nitrogens with zero attached hydrogens (tertiary/aromatic N) is 1. The van der Waals surface area contributed by atoms with Gasteiger partial charge in [0.1, 0.15) is 11.5 Å². The van der Waals surface area contributed by atoms with E-state index in [1.54, 1.807) is 18.2 Å². The fraction of sp³-hybridized carbons (Fsp3) is 0.200. The summed E-state index contributed by atoms with van der Waals surface area (Å²) >= 11 is 0. The van der Waals surface area contributed by atoms with Crippen LogP contribution >= 0.6 is 0 Å². The fourth-order valence-corrected chi connectivity index (χ4v) is 1.99. The van der Waals surface area contributed by atoms with E-state index in [9.17, 15) is 20.3 Å². The molecule has 0 saturated heterocycles. The van der Waals surface area contributed by atoms with E-state index >= 15 is 0 Å². The lowest BCUT2D eigenvalue weighted by atomic mass is 10.1. The number of hydrogen-bond donors (Lipinski definition) is 3. The Labute approximate surface area is 121 Å². The van der Waals surface area contributed by atoms with Crippen LogP contribution in [0.15, 0.2) is 42.5 Å². The van der Waals surface area contributed by atoms with Crippen molar-refractivity contribution >= 4 is 5.69 Å². The molecular formula is C15H16N2O4. The molecule has 1 unspecified atom stereocenters. The molecule has 1 atom stereocenters. The molecule has 21 heavy (non-hydrogen) atoms. The van der Waals surface area contributed by atoms with Gasteiger partial charge in [-0.15, -0.1) is 0 Å². The number of nitro benzene ring substituents is 1. The summed E-state index contributed by atoms with van der Waals surface area (Å²) in [7, 11) is 0. The highest BCUT2D eigenvalue weighted by atomic mass is 16.6. The minimum absolute atomic E-state index is 0.00276. The van der Waals surface area contributed by atoms with E-state index < -0.39 is 4.92 Å². The molecule has 2 aromatic carbocycles. The van der Waals surface area contributed by atoms with Gasteiger partial charge in [0.15, 0.2) is 0 Å². The third-order valence-electron chi connectivity index (χ3n) is 3.25. The number of phenolic OH excluding ortho intramolecular Hbond substituents is 2. The van der Waals surface area contributed by atoms with Crippen LogP contribution in [0.1, 0.15) is 24.1 Å². The Morgan fingerprint density at radius 3 is 2.67 bits per heavy atom. The van der Waals surface area contributed by atoms with Crippen molar-refractivity contribution in [3.05, 3.63) is 63.7 Å². The summed E-state index contributed by atoms with van der Waals surface area (Å²) in [5, 5.41) is 32.9. The minimum atomic E-state index is -0.429. The maximum atomic E-state index is 10.8. The van der Waals surface area contributed by atoms with Gasteiger partial charge in [-0.25, -0.2) is 0 Å². The molecule has 0 heterocycles. The number of phenols is 2. The highest BCUT2D eigenvalue weighted by molar-refractivity contribution is 5.39. The van der Waals surface area contributed by atoms with Crippen LogP contribution in [0, 0.1) is 10.1 Å². The van der Waals surface area contributed by atoms with Crippen LogP contribution < -0.4 is 5.32 Å². The molecular weight excluding hydrogens is 272 g/mol. The van der Waals surface area contributed by atoms with Gasteiger partial charge in [0, 0.05) is 36.3 Å². The summed E-state index contributed by atoms with van der Waals surface area (Å²) in [6.07, 6.45) is 0. The van der Waals surface area contributed by atoms with Crippen LogP contribution in [0.4, 0.5) is 5.69 Å².